The van der Waals surface area contributed by atoms with Crippen molar-refractivity contribution in [1.29, 1.82) is 0 Å². The van der Waals surface area contributed by atoms with E-state index in [2.05, 4.69) is 10.6 Å². The first-order chi connectivity index (χ1) is 9.70. The van der Waals surface area contributed by atoms with Gasteiger partial charge in [-0.15, -0.1) is 0 Å². The molecular weight excluding hydrogens is 257 g/mol. The lowest BCUT2D eigenvalue weighted by molar-refractivity contribution is -0.116. The lowest BCUT2D eigenvalue weighted by atomic mass is 10.2. The number of carbonyl (C=O) groups is 1. The van der Waals surface area contributed by atoms with E-state index in [4.69, 9.17) is 0 Å². The van der Waals surface area contributed by atoms with E-state index in [9.17, 15) is 9.18 Å². The summed E-state index contributed by atoms with van der Waals surface area (Å²) in [4.78, 5) is 13.7. The Balaban J connectivity index is 1.93. The molecule has 1 aliphatic heterocycles. The Hall–Kier alpha value is -1.62. The summed E-state index contributed by atoms with van der Waals surface area (Å²) < 4.78 is 14.1. The number of hydrogen-bond donors (Lipinski definition) is 2. The third-order valence-corrected chi connectivity index (χ3v) is 3.46. The van der Waals surface area contributed by atoms with Gasteiger partial charge in [-0.25, -0.2) is 4.39 Å². The maximum absolute atomic E-state index is 14.1. The molecule has 0 atom stereocenters. The quantitative estimate of drug-likeness (QED) is 0.786. The Labute approximate surface area is 119 Å². The molecule has 5 heteroatoms. The Morgan fingerprint density at radius 2 is 2.10 bits per heavy atom. The smallest absolute Gasteiger partial charge is 0.225 e. The highest BCUT2D eigenvalue weighted by molar-refractivity contribution is 5.91. The zero-order chi connectivity index (χ0) is 14.4. The molecular formula is C15H22FN3O. The summed E-state index contributed by atoms with van der Waals surface area (Å²) in [5, 5.41) is 5.80. The van der Waals surface area contributed by atoms with E-state index in [0.29, 0.717) is 24.3 Å². The molecule has 1 amide bonds. The first-order valence-electron chi connectivity index (χ1n) is 7.25. The fourth-order valence-corrected chi connectivity index (χ4v) is 2.40. The molecule has 2 rings (SSSR count). The van der Waals surface area contributed by atoms with Gasteiger partial charge < -0.3 is 15.5 Å². The van der Waals surface area contributed by atoms with E-state index in [0.717, 1.165) is 32.5 Å². The van der Waals surface area contributed by atoms with Crippen LogP contribution in [0.1, 0.15) is 26.2 Å². The van der Waals surface area contributed by atoms with E-state index in [1.807, 2.05) is 11.8 Å². The van der Waals surface area contributed by atoms with Crippen molar-refractivity contribution in [3.8, 4) is 0 Å². The summed E-state index contributed by atoms with van der Waals surface area (Å²) in [7, 11) is 0. The average molecular weight is 279 g/mol. The standard InChI is InChI=1S/C15H22FN3O/c1-2-17-8-7-15(20)18-12-5-6-14(13(16)11-12)19-9-3-4-10-19/h5-6,11,17H,2-4,7-10H2,1H3,(H,18,20). The van der Waals surface area contributed by atoms with Gasteiger partial charge in [0.05, 0.1) is 5.69 Å². The third-order valence-electron chi connectivity index (χ3n) is 3.46. The molecule has 0 aliphatic carbocycles. The summed E-state index contributed by atoms with van der Waals surface area (Å²) >= 11 is 0. The molecule has 20 heavy (non-hydrogen) atoms. The number of anilines is 2. The van der Waals surface area contributed by atoms with Crippen LogP contribution in [0.15, 0.2) is 18.2 Å². The minimum Gasteiger partial charge on any atom is -0.369 e. The minimum absolute atomic E-state index is 0.0979. The number of halogens is 1. The molecule has 110 valence electrons. The third kappa shape index (κ3) is 3.93. The van der Waals surface area contributed by atoms with E-state index < -0.39 is 0 Å². The highest BCUT2D eigenvalue weighted by Gasteiger charge is 2.16. The second-order valence-electron chi connectivity index (χ2n) is 5.01. The molecule has 4 nitrogen and oxygen atoms in total. The first-order valence-corrected chi connectivity index (χ1v) is 7.25. The summed E-state index contributed by atoms with van der Waals surface area (Å²) in [6, 6.07) is 4.92. The van der Waals surface area contributed by atoms with Crippen LogP contribution in [0.3, 0.4) is 0 Å². The Morgan fingerprint density at radius 1 is 1.35 bits per heavy atom. The van der Waals surface area contributed by atoms with Crippen LogP contribution in [0.2, 0.25) is 0 Å². The van der Waals surface area contributed by atoms with Gasteiger partial charge in [0.25, 0.3) is 0 Å². The van der Waals surface area contributed by atoms with E-state index in [1.165, 1.54) is 6.07 Å². The van der Waals surface area contributed by atoms with E-state index in [-0.39, 0.29) is 11.7 Å². The van der Waals surface area contributed by atoms with Crippen LogP contribution in [-0.2, 0) is 4.79 Å². The van der Waals surface area contributed by atoms with Crippen LogP contribution in [0, 0.1) is 5.82 Å². The molecule has 0 spiro atoms. The van der Waals surface area contributed by atoms with Gasteiger partial charge in [0.1, 0.15) is 5.82 Å². The molecule has 2 N–H and O–H groups in total. The van der Waals surface area contributed by atoms with Gasteiger partial charge in [-0.05, 0) is 37.6 Å². The molecule has 0 radical (unpaired) electrons. The second kappa shape index (κ2) is 7.24. The molecule has 1 aromatic rings. The molecule has 0 aromatic heterocycles. The highest BCUT2D eigenvalue weighted by Crippen LogP contribution is 2.26. The van der Waals surface area contributed by atoms with E-state index in [1.54, 1.807) is 12.1 Å². The first kappa shape index (κ1) is 14.8. The van der Waals surface area contributed by atoms with Crippen LogP contribution >= 0.6 is 0 Å². The Morgan fingerprint density at radius 3 is 2.75 bits per heavy atom. The van der Waals surface area contributed by atoms with Crippen molar-refractivity contribution in [2.75, 3.05) is 36.4 Å². The molecule has 0 unspecified atom stereocenters. The number of amides is 1. The number of nitrogens with zero attached hydrogens (tertiary/aromatic N) is 1. The second-order valence-corrected chi connectivity index (χ2v) is 5.01. The molecule has 1 aromatic carbocycles. The van der Waals surface area contributed by atoms with Gasteiger partial charge >= 0.3 is 0 Å². The summed E-state index contributed by atoms with van der Waals surface area (Å²) in [6.45, 7) is 5.28. The summed E-state index contributed by atoms with van der Waals surface area (Å²) in [6.07, 6.45) is 2.62. The van der Waals surface area contributed by atoms with Crippen molar-refractivity contribution in [3.63, 3.8) is 0 Å². The van der Waals surface area contributed by atoms with Crippen LogP contribution in [-0.4, -0.2) is 32.1 Å². The van der Waals surface area contributed by atoms with Crippen molar-refractivity contribution in [3.05, 3.63) is 24.0 Å². The summed E-state index contributed by atoms with van der Waals surface area (Å²) in [5.41, 5.74) is 1.15. The van der Waals surface area contributed by atoms with Crippen LogP contribution in [0.4, 0.5) is 15.8 Å². The van der Waals surface area contributed by atoms with Crippen LogP contribution < -0.4 is 15.5 Å². The van der Waals surface area contributed by atoms with Crippen molar-refractivity contribution in [2.24, 2.45) is 0 Å². The van der Waals surface area contributed by atoms with Gasteiger partial charge in [0.2, 0.25) is 5.91 Å². The van der Waals surface area contributed by atoms with Crippen molar-refractivity contribution in [1.82, 2.24) is 5.32 Å². The van der Waals surface area contributed by atoms with Crippen LogP contribution in [0.25, 0.3) is 0 Å². The lowest BCUT2D eigenvalue weighted by Crippen LogP contribution is -2.22. The largest absolute Gasteiger partial charge is 0.369 e. The predicted molar refractivity (Wildman–Crippen MR) is 79.6 cm³/mol. The number of carbonyl (C=O) groups excluding carboxylic acids is 1. The minimum atomic E-state index is -0.267. The molecule has 1 aliphatic rings. The maximum Gasteiger partial charge on any atom is 0.225 e. The Kier molecular flexibility index (Phi) is 5.35. The number of rotatable bonds is 6. The molecule has 0 bridgehead atoms. The molecule has 1 fully saturated rings. The zero-order valence-corrected chi connectivity index (χ0v) is 11.9. The van der Waals surface area contributed by atoms with Crippen LogP contribution in [0.5, 0.6) is 0 Å². The van der Waals surface area contributed by atoms with E-state index >= 15 is 0 Å². The molecule has 1 heterocycles. The van der Waals surface area contributed by atoms with Crippen molar-refractivity contribution in [2.45, 2.75) is 26.2 Å². The Bertz CT molecular complexity index is 458. The number of nitrogens with one attached hydrogen (secondary N) is 2. The number of hydrogen-bond acceptors (Lipinski definition) is 3. The topological polar surface area (TPSA) is 44.4 Å². The van der Waals surface area contributed by atoms with Gasteiger partial charge in [-0.1, -0.05) is 6.92 Å². The summed E-state index contributed by atoms with van der Waals surface area (Å²) in [5.74, 6) is -0.365. The van der Waals surface area contributed by atoms with Crippen molar-refractivity contribution < 1.29 is 9.18 Å². The van der Waals surface area contributed by atoms with Gasteiger partial charge in [-0.3, -0.25) is 4.79 Å². The predicted octanol–water partition coefficient (Wildman–Crippen LogP) is 2.36. The number of benzene rings is 1. The lowest BCUT2D eigenvalue weighted by Gasteiger charge is -2.18. The SMILES string of the molecule is CCNCCC(=O)Nc1ccc(N2CCCC2)c(F)c1. The molecule has 1 saturated heterocycles. The maximum atomic E-state index is 14.1. The van der Waals surface area contributed by atoms with Crippen molar-refractivity contribution >= 4 is 17.3 Å². The van der Waals surface area contributed by atoms with Gasteiger partial charge in [0, 0.05) is 31.7 Å². The highest BCUT2D eigenvalue weighted by atomic mass is 19.1. The normalized spacial score (nSPS) is 14.6. The zero-order valence-electron chi connectivity index (χ0n) is 11.9. The fourth-order valence-electron chi connectivity index (χ4n) is 2.40. The molecule has 0 saturated carbocycles. The van der Waals surface area contributed by atoms with Gasteiger partial charge in [0.15, 0.2) is 0 Å². The van der Waals surface area contributed by atoms with Gasteiger partial charge in [-0.2, -0.15) is 0 Å². The fraction of sp³-hybridized carbons (Fsp3) is 0.533. The monoisotopic (exact) mass is 279 g/mol. The average Bonchev–Trinajstić information content (AvgIpc) is 2.93.